The van der Waals surface area contributed by atoms with Crippen LogP contribution in [0.4, 0.5) is 13.2 Å². The summed E-state index contributed by atoms with van der Waals surface area (Å²) in [6.07, 6.45) is -4.54. The zero-order valence-electron chi connectivity index (χ0n) is 16.4. The van der Waals surface area contributed by atoms with E-state index in [1.165, 1.54) is 31.0 Å². The predicted octanol–water partition coefficient (Wildman–Crippen LogP) is 5.14. The van der Waals surface area contributed by atoms with Gasteiger partial charge in [-0.25, -0.2) is 4.68 Å². The van der Waals surface area contributed by atoms with Gasteiger partial charge in [0.1, 0.15) is 0 Å². The van der Waals surface area contributed by atoms with Gasteiger partial charge in [-0.1, -0.05) is 41.4 Å². The summed E-state index contributed by atoms with van der Waals surface area (Å²) in [6.45, 7) is 1.56. The minimum atomic E-state index is -4.54. The Morgan fingerprint density at radius 2 is 1.81 bits per heavy atom. The van der Waals surface area contributed by atoms with Crippen LogP contribution in [0.5, 0.6) is 0 Å². The van der Waals surface area contributed by atoms with Gasteiger partial charge in [0, 0.05) is 25.4 Å². The van der Waals surface area contributed by atoms with Gasteiger partial charge in [-0.2, -0.15) is 18.3 Å². The van der Waals surface area contributed by atoms with E-state index in [0.717, 1.165) is 22.9 Å². The maximum atomic E-state index is 13.1. The molecule has 2 aromatic carbocycles. The van der Waals surface area contributed by atoms with E-state index in [2.05, 4.69) is 5.10 Å². The fourth-order valence-corrected chi connectivity index (χ4v) is 3.33. The Balaban J connectivity index is 1.98. The predicted molar refractivity (Wildman–Crippen MR) is 112 cm³/mol. The third-order valence-corrected chi connectivity index (χ3v) is 5.37. The van der Waals surface area contributed by atoms with Crippen LogP contribution >= 0.6 is 23.2 Å². The number of benzene rings is 2. The maximum Gasteiger partial charge on any atom is 0.416 e. The number of rotatable bonds is 4. The summed E-state index contributed by atoms with van der Waals surface area (Å²) in [5, 5.41) is 4.65. The number of carbonyl (C=O) groups is 1. The highest BCUT2D eigenvalue weighted by molar-refractivity contribution is 6.42. The van der Waals surface area contributed by atoms with Gasteiger partial charge in [0.25, 0.3) is 5.91 Å². The monoisotopic (exact) mass is 469 g/mol. The number of halogens is 5. The molecule has 0 atom stereocenters. The van der Waals surface area contributed by atoms with Crippen LogP contribution in [-0.2, 0) is 12.7 Å². The Labute approximate surface area is 185 Å². The largest absolute Gasteiger partial charge is 0.416 e. The molecule has 5 nitrogen and oxygen atoms in total. The fourth-order valence-electron chi connectivity index (χ4n) is 2.95. The van der Waals surface area contributed by atoms with Gasteiger partial charge < -0.3 is 4.90 Å². The summed E-state index contributed by atoms with van der Waals surface area (Å²) in [7, 11) is 1.45. The Bertz CT molecular complexity index is 1210. The van der Waals surface area contributed by atoms with Crippen molar-refractivity contribution >= 4 is 29.1 Å². The van der Waals surface area contributed by atoms with Crippen LogP contribution in [0.1, 0.15) is 27.3 Å². The Kier molecular flexibility index (Phi) is 6.43. The van der Waals surface area contributed by atoms with E-state index in [4.69, 9.17) is 23.2 Å². The molecular formula is C21H16Cl2F3N3O2. The molecule has 0 saturated heterocycles. The normalized spacial score (nSPS) is 11.5. The number of nitrogens with zero attached hydrogens (tertiary/aromatic N) is 3. The number of alkyl halides is 3. The van der Waals surface area contributed by atoms with E-state index in [1.54, 1.807) is 18.2 Å². The van der Waals surface area contributed by atoms with E-state index >= 15 is 0 Å². The van der Waals surface area contributed by atoms with Crippen molar-refractivity contribution in [2.24, 2.45) is 0 Å². The molecule has 31 heavy (non-hydrogen) atoms. The highest BCUT2D eigenvalue weighted by Crippen LogP contribution is 2.30. The van der Waals surface area contributed by atoms with Crippen molar-refractivity contribution in [3.05, 3.63) is 91.3 Å². The van der Waals surface area contributed by atoms with Crippen molar-refractivity contribution in [1.29, 1.82) is 0 Å². The van der Waals surface area contributed by atoms with E-state index in [-0.39, 0.29) is 22.9 Å². The van der Waals surface area contributed by atoms with Crippen molar-refractivity contribution < 1.29 is 18.0 Å². The van der Waals surface area contributed by atoms with Crippen LogP contribution in [-0.4, -0.2) is 27.6 Å². The Morgan fingerprint density at radius 1 is 1.13 bits per heavy atom. The van der Waals surface area contributed by atoms with Gasteiger partial charge in [0.15, 0.2) is 5.69 Å². The summed E-state index contributed by atoms with van der Waals surface area (Å²) < 4.78 is 40.3. The molecule has 0 spiro atoms. The SMILES string of the molecule is Cc1cc(=O)c(C(=O)N(C)Cc2cccc(Cl)c2Cl)nn1-c1cccc(C(F)(F)F)c1. The van der Waals surface area contributed by atoms with Crippen molar-refractivity contribution in [3.63, 3.8) is 0 Å². The van der Waals surface area contributed by atoms with Crippen molar-refractivity contribution in [2.45, 2.75) is 19.6 Å². The molecule has 3 rings (SSSR count). The maximum absolute atomic E-state index is 13.1. The number of hydrogen-bond acceptors (Lipinski definition) is 3. The van der Waals surface area contributed by atoms with E-state index < -0.39 is 28.8 Å². The third kappa shape index (κ3) is 4.91. The first-order valence-electron chi connectivity index (χ1n) is 8.96. The highest BCUT2D eigenvalue weighted by atomic mass is 35.5. The topological polar surface area (TPSA) is 55.2 Å². The lowest BCUT2D eigenvalue weighted by Gasteiger charge is -2.19. The summed E-state index contributed by atoms with van der Waals surface area (Å²) in [5.74, 6) is -0.707. The molecule has 3 aromatic rings. The smallest absolute Gasteiger partial charge is 0.336 e. The third-order valence-electron chi connectivity index (χ3n) is 4.51. The van der Waals surface area contributed by atoms with Crippen LogP contribution in [0.15, 0.2) is 53.3 Å². The summed E-state index contributed by atoms with van der Waals surface area (Å²) in [4.78, 5) is 26.5. The molecule has 162 valence electrons. The van der Waals surface area contributed by atoms with E-state index in [9.17, 15) is 22.8 Å². The minimum Gasteiger partial charge on any atom is -0.336 e. The number of amides is 1. The van der Waals surface area contributed by atoms with Gasteiger partial charge in [-0.05, 0) is 36.8 Å². The molecular weight excluding hydrogens is 454 g/mol. The van der Waals surface area contributed by atoms with Crippen LogP contribution in [0.3, 0.4) is 0 Å². The molecule has 10 heteroatoms. The summed E-state index contributed by atoms with van der Waals surface area (Å²) in [6, 6.07) is 10.6. The first-order chi connectivity index (χ1) is 14.5. The van der Waals surface area contributed by atoms with Crippen LogP contribution < -0.4 is 5.43 Å². The van der Waals surface area contributed by atoms with Gasteiger partial charge in [-0.3, -0.25) is 9.59 Å². The first-order valence-corrected chi connectivity index (χ1v) is 9.71. The molecule has 0 fully saturated rings. The number of aromatic nitrogens is 2. The van der Waals surface area contributed by atoms with E-state index in [1.807, 2.05) is 0 Å². The lowest BCUT2D eigenvalue weighted by atomic mass is 10.2. The average molecular weight is 470 g/mol. The van der Waals surface area contributed by atoms with Gasteiger partial charge in [-0.15, -0.1) is 0 Å². The number of aryl methyl sites for hydroxylation is 1. The van der Waals surface area contributed by atoms with Gasteiger partial charge in [0.2, 0.25) is 5.43 Å². The van der Waals surface area contributed by atoms with Gasteiger partial charge >= 0.3 is 6.18 Å². The number of hydrogen-bond donors (Lipinski definition) is 0. The molecule has 0 aliphatic rings. The van der Waals surface area contributed by atoms with Crippen molar-refractivity contribution in [2.75, 3.05) is 7.05 Å². The summed E-state index contributed by atoms with van der Waals surface area (Å²) in [5.41, 5.74) is -1.03. The molecule has 0 bridgehead atoms. The van der Waals surface area contributed by atoms with Crippen LogP contribution in [0, 0.1) is 6.92 Å². The lowest BCUT2D eigenvalue weighted by Crippen LogP contribution is -2.33. The number of carbonyl (C=O) groups excluding carboxylic acids is 1. The second-order valence-corrected chi connectivity index (χ2v) is 7.62. The second-order valence-electron chi connectivity index (χ2n) is 6.83. The molecule has 0 N–H and O–H groups in total. The molecule has 0 radical (unpaired) electrons. The molecule has 1 aromatic heterocycles. The molecule has 1 amide bonds. The zero-order chi connectivity index (χ0) is 22.9. The highest BCUT2D eigenvalue weighted by Gasteiger charge is 2.30. The Morgan fingerprint density at radius 3 is 2.48 bits per heavy atom. The molecule has 0 aliphatic carbocycles. The van der Waals surface area contributed by atoms with Gasteiger partial charge in [0.05, 0.1) is 21.3 Å². The molecule has 0 unspecified atom stereocenters. The van der Waals surface area contributed by atoms with E-state index in [0.29, 0.717) is 10.6 Å². The second kappa shape index (κ2) is 8.72. The van der Waals surface area contributed by atoms with Crippen LogP contribution in [0.2, 0.25) is 10.0 Å². The zero-order valence-corrected chi connectivity index (χ0v) is 17.9. The summed E-state index contributed by atoms with van der Waals surface area (Å²) >= 11 is 12.1. The molecule has 0 aliphatic heterocycles. The van der Waals surface area contributed by atoms with Crippen molar-refractivity contribution in [1.82, 2.24) is 14.7 Å². The Hall–Kier alpha value is -2.84. The van der Waals surface area contributed by atoms with Crippen molar-refractivity contribution in [3.8, 4) is 5.69 Å². The average Bonchev–Trinajstić information content (AvgIpc) is 2.70. The minimum absolute atomic E-state index is 0.0524. The first kappa shape index (κ1) is 22.8. The molecule has 1 heterocycles. The lowest BCUT2D eigenvalue weighted by molar-refractivity contribution is -0.137. The standard InChI is InChI=1S/C21H16Cl2F3N3O2/c1-12-9-17(30)19(20(31)28(2)11-13-5-3-8-16(22)18(13)23)27-29(12)15-7-4-6-14(10-15)21(24,25)26/h3-10H,11H2,1-2H3. The fraction of sp³-hybridized carbons (Fsp3) is 0.190. The molecule has 0 saturated carbocycles. The quantitative estimate of drug-likeness (QED) is 0.531. The van der Waals surface area contributed by atoms with Crippen LogP contribution in [0.25, 0.3) is 5.69 Å².